The van der Waals surface area contributed by atoms with E-state index in [4.69, 9.17) is 0 Å². The molecule has 0 spiro atoms. The normalized spacial score (nSPS) is 38.9. The van der Waals surface area contributed by atoms with Gasteiger partial charge >= 0.3 is 0 Å². The second-order valence-corrected chi connectivity index (χ2v) is 8.45. The summed E-state index contributed by atoms with van der Waals surface area (Å²) in [6.45, 7) is 5.59. The smallest absolute Gasteiger partial charge is 0.244 e. The number of carbonyl (C=O) groups excluding carboxylic acids is 1. The van der Waals surface area contributed by atoms with E-state index in [0.29, 0.717) is 6.42 Å². The summed E-state index contributed by atoms with van der Waals surface area (Å²) in [5, 5.41) is 43.7. The lowest BCUT2D eigenvalue weighted by atomic mass is 9.93. The van der Waals surface area contributed by atoms with E-state index in [0.717, 1.165) is 5.57 Å². The highest BCUT2D eigenvalue weighted by atomic mass is 16.4. The van der Waals surface area contributed by atoms with Crippen LogP contribution in [0, 0.1) is 5.92 Å². The molecule has 0 saturated carbocycles. The number of hydrogen-bond donors (Lipinski definition) is 5. The van der Waals surface area contributed by atoms with E-state index in [2.05, 4.69) is 5.32 Å². The number of hydrogen-bond acceptors (Lipinski definition) is 5. The summed E-state index contributed by atoms with van der Waals surface area (Å²) in [5.41, 5.74) is 1.06. The predicted octanol–water partition coefficient (Wildman–Crippen LogP) is 3.20. The monoisotopic (exact) mass is 469 g/mol. The molecule has 6 atom stereocenters. The molecule has 1 amide bonds. The average molecular weight is 470 g/mol. The number of allylic oxidation sites excluding steroid dienone is 12. The Hall–Kier alpha value is -2.77. The Bertz CT molecular complexity index is 847. The maximum Gasteiger partial charge on any atom is 0.244 e. The number of aliphatic hydroxyl groups excluding tert-OH is 4. The van der Waals surface area contributed by atoms with Gasteiger partial charge in [-0.1, -0.05) is 97.6 Å². The highest BCUT2D eigenvalue weighted by Gasteiger charge is 2.28. The van der Waals surface area contributed by atoms with Crippen LogP contribution in [0.4, 0.5) is 0 Å². The first-order chi connectivity index (χ1) is 16.2. The van der Waals surface area contributed by atoms with Crippen molar-refractivity contribution in [1.82, 2.24) is 5.32 Å². The maximum atomic E-state index is 12.0. The number of amides is 1. The van der Waals surface area contributed by atoms with Gasteiger partial charge in [0.05, 0.1) is 18.3 Å². The molecule has 0 aliphatic carbocycles. The van der Waals surface area contributed by atoms with Gasteiger partial charge in [-0.15, -0.1) is 0 Å². The van der Waals surface area contributed by atoms with Crippen LogP contribution in [0.3, 0.4) is 0 Å². The SMILES string of the molecule is CC1=C\C=C\C=C\CC(C)NC(=O)/C=C/C=C/C(C)[C@@H](O)C(O)[C@@H](O)C[C@@H](O)\C=C\C=C\C=C\1. The number of aliphatic hydroxyl groups is 4. The van der Waals surface area contributed by atoms with Gasteiger partial charge in [0.1, 0.15) is 6.10 Å². The molecule has 0 radical (unpaired) electrons. The van der Waals surface area contributed by atoms with Crippen LogP contribution in [0.1, 0.15) is 33.6 Å². The second kappa shape index (κ2) is 16.8. The van der Waals surface area contributed by atoms with E-state index in [-0.39, 0.29) is 18.4 Å². The Labute approximate surface area is 203 Å². The second-order valence-electron chi connectivity index (χ2n) is 8.45. The largest absolute Gasteiger partial charge is 0.390 e. The van der Waals surface area contributed by atoms with Crippen molar-refractivity contribution in [2.75, 3.05) is 0 Å². The van der Waals surface area contributed by atoms with Crippen LogP contribution >= 0.6 is 0 Å². The molecule has 1 heterocycles. The summed E-state index contributed by atoms with van der Waals surface area (Å²) < 4.78 is 0. The zero-order chi connectivity index (χ0) is 25.3. The minimum Gasteiger partial charge on any atom is -0.390 e. The predicted molar refractivity (Wildman–Crippen MR) is 138 cm³/mol. The third kappa shape index (κ3) is 13.1. The fourth-order valence-corrected chi connectivity index (χ4v) is 3.07. The molecule has 0 aromatic rings. The molecule has 0 aromatic carbocycles. The van der Waals surface area contributed by atoms with Gasteiger partial charge in [0.25, 0.3) is 0 Å². The van der Waals surface area contributed by atoms with Crippen molar-refractivity contribution in [3.63, 3.8) is 0 Å². The zero-order valence-electron chi connectivity index (χ0n) is 20.2. The average Bonchev–Trinajstić information content (AvgIpc) is 2.79. The molecule has 1 aliphatic rings. The standard InChI is InChI=1S/C28H39NO5/c1-21-14-8-4-6-10-17-23(3)29-26(32)19-13-12-16-22(2)27(33)28(34)25(31)20-24(30)18-11-7-5-9-15-21/h4-16,18-19,22-25,27-28,30-31,33-34H,17,20H2,1-3H3,(H,29,32)/b7-5+,8-4+,10-6+,15-9+,16-12+,18-11+,19-13+,21-14+/t22?,23?,24-,25-,27+,28?/m0/s1. The van der Waals surface area contributed by atoms with E-state index >= 15 is 0 Å². The van der Waals surface area contributed by atoms with E-state index in [9.17, 15) is 25.2 Å². The van der Waals surface area contributed by atoms with Gasteiger partial charge in [-0.3, -0.25) is 4.79 Å². The molecule has 3 unspecified atom stereocenters. The van der Waals surface area contributed by atoms with E-state index < -0.39 is 30.3 Å². The highest BCUT2D eigenvalue weighted by Crippen LogP contribution is 2.15. The van der Waals surface area contributed by atoms with Crippen molar-refractivity contribution in [3.05, 3.63) is 96.7 Å². The minimum absolute atomic E-state index is 0.0295. The molecular weight excluding hydrogens is 430 g/mol. The lowest BCUT2D eigenvalue weighted by molar-refractivity contribution is -0.117. The molecule has 0 aromatic heterocycles. The molecule has 186 valence electrons. The Morgan fingerprint density at radius 2 is 1.44 bits per heavy atom. The van der Waals surface area contributed by atoms with Gasteiger partial charge in [0.2, 0.25) is 5.91 Å². The highest BCUT2D eigenvalue weighted by molar-refractivity contribution is 5.87. The first-order valence-electron chi connectivity index (χ1n) is 11.6. The first kappa shape index (κ1) is 29.3. The minimum atomic E-state index is -1.43. The van der Waals surface area contributed by atoms with Crippen molar-refractivity contribution in [2.45, 2.75) is 64.1 Å². The van der Waals surface area contributed by atoms with E-state index in [1.165, 1.54) is 12.2 Å². The number of rotatable bonds is 0. The topological polar surface area (TPSA) is 110 Å². The Morgan fingerprint density at radius 3 is 2.21 bits per heavy atom. The summed E-state index contributed by atoms with van der Waals surface area (Å²) in [4.78, 5) is 12.0. The molecule has 0 bridgehead atoms. The molecule has 6 heteroatoms. The van der Waals surface area contributed by atoms with Crippen LogP contribution in [0.25, 0.3) is 0 Å². The summed E-state index contributed by atoms with van der Waals surface area (Å²) >= 11 is 0. The van der Waals surface area contributed by atoms with Crippen LogP contribution in [0.15, 0.2) is 96.7 Å². The van der Waals surface area contributed by atoms with E-state index in [1.54, 1.807) is 37.3 Å². The van der Waals surface area contributed by atoms with Crippen LogP contribution < -0.4 is 5.32 Å². The summed E-state index contributed by atoms with van der Waals surface area (Å²) in [6, 6.07) is -0.0295. The maximum absolute atomic E-state index is 12.0. The van der Waals surface area contributed by atoms with Gasteiger partial charge in [-0.2, -0.15) is 0 Å². The lowest BCUT2D eigenvalue weighted by Gasteiger charge is -2.26. The third-order valence-electron chi connectivity index (χ3n) is 5.16. The van der Waals surface area contributed by atoms with Crippen LogP contribution in [-0.2, 0) is 4.79 Å². The van der Waals surface area contributed by atoms with Crippen molar-refractivity contribution in [1.29, 1.82) is 0 Å². The summed E-state index contributed by atoms with van der Waals surface area (Å²) in [5.74, 6) is -0.708. The molecule has 1 rings (SSSR count). The Morgan fingerprint density at radius 1 is 0.794 bits per heavy atom. The number of nitrogens with one attached hydrogen (secondary N) is 1. The zero-order valence-corrected chi connectivity index (χ0v) is 20.2. The van der Waals surface area contributed by atoms with Gasteiger partial charge in [0.15, 0.2) is 0 Å². The molecule has 1 aliphatic heterocycles. The van der Waals surface area contributed by atoms with Gasteiger partial charge in [-0.25, -0.2) is 0 Å². The quantitative estimate of drug-likeness (QED) is 0.374. The van der Waals surface area contributed by atoms with Gasteiger partial charge in [0, 0.05) is 24.5 Å². The van der Waals surface area contributed by atoms with Crippen LogP contribution in [-0.4, -0.2) is 56.8 Å². The van der Waals surface area contributed by atoms with Gasteiger partial charge in [-0.05, 0) is 20.3 Å². The molecule has 6 nitrogen and oxygen atoms in total. The van der Waals surface area contributed by atoms with Crippen molar-refractivity contribution in [2.24, 2.45) is 5.92 Å². The molecule has 5 N–H and O–H groups in total. The first-order valence-corrected chi connectivity index (χ1v) is 11.6. The van der Waals surface area contributed by atoms with Gasteiger partial charge < -0.3 is 25.7 Å². The third-order valence-corrected chi connectivity index (χ3v) is 5.16. The van der Waals surface area contributed by atoms with E-state index in [1.807, 2.05) is 62.5 Å². The fraction of sp³-hybridized carbons (Fsp3) is 0.393. The van der Waals surface area contributed by atoms with Crippen molar-refractivity contribution < 1.29 is 25.2 Å². The Balaban J connectivity index is 2.93. The van der Waals surface area contributed by atoms with Crippen molar-refractivity contribution >= 4 is 5.91 Å². The summed E-state index contributed by atoms with van der Waals surface area (Å²) in [7, 11) is 0. The molecule has 0 saturated heterocycles. The van der Waals surface area contributed by atoms with Crippen LogP contribution in [0.5, 0.6) is 0 Å². The molecule has 34 heavy (non-hydrogen) atoms. The van der Waals surface area contributed by atoms with Crippen LogP contribution in [0.2, 0.25) is 0 Å². The fourth-order valence-electron chi connectivity index (χ4n) is 3.07. The Kier molecular flexibility index (Phi) is 14.4. The molecular formula is C28H39NO5. The lowest BCUT2D eigenvalue weighted by Crippen LogP contribution is -2.41. The summed E-state index contributed by atoms with van der Waals surface area (Å²) in [6.07, 6.45) is 22.2. The van der Waals surface area contributed by atoms with Crippen molar-refractivity contribution in [3.8, 4) is 0 Å². The molecule has 0 fully saturated rings. The number of carbonyl (C=O) groups is 1.